The molecular formula is C37H63N9O14. The van der Waals surface area contributed by atoms with E-state index < -0.39 is 146 Å². The van der Waals surface area contributed by atoms with Crippen LogP contribution < -0.4 is 43.0 Å². The second kappa shape index (κ2) is 25.3. The molecule has 23 nitrogen and oxygen atoms in total. The van der Waals surface area contributed by atoms with Gasteiger partial charge in [0, 0.05) is 6.54 Å². The molecular weight excluding hydrogens is 794 g/mol. The summed E-state index contributed by atoms with van der Waals surface area (Å²) >= 11 is 0. The molecule has 0 bridgehead atoms. The van der Waals surface area contributed by atoms with Crippen molar-refractivity contribution in [2.75, 3.05) is 26.3 Å². The third-order valence-corrected chi connectivity index (χ3v) is 10.1. The van der Waals surface area contributed by atoms with Crippen molar-refractivity contribution in [2.45, 2.75) is 129 Å². The number of carbonyl (C=O) groups excluding carboxylic acids is 8. The van der Waals surface area contributed by atoms with Crippen LogP contribution >= 0.6 is 0 Å². The summed E-state index contributed by atoms with van der Waals surface area (Å²) in [6.45, 7) is 8.68. The van der Waals surface area contributed by atoms with Crippen molar-refractivity contribution in [3.05, 3.63) is 0 Å². The fourth-order valence-corrected chi connectivity index (χ4v) is 6.03. The summed E-state index contributed by atoms with van der Waals surface area (Å²) in [7, 11) is 0. The zero-order chi connectivity index (χ0) is 46.0. The molecule has 1 saturated heterocycles. The van der Waals surface area contributed by atoms with Crippen LogP contribution in [0.1, 0.15) is 80.6 Å². The molecule has 8 amide bonds. The highest BCUT2D eigenvalue weighted by molar-refractivity contribution is 5.98. The van der Waals surface area contributed by atoms with Crippen molar-refractivity contribution in [3.8, 4) is 0 Å². The Morgan fingerprint density at radius 1 is 0.650 bits per heavy atom. The van der Waals surface area contributed by atoms with E-state index in [1.165, 1.54) is 6.92 Å². The van der Waals surface area contributed by atoms with Crippen LogP contribution in [0.25, 0.3) is 0 Å². The molecule has 1 aliphatic rings. The average Bonchev–Trinajstić information content (AvgIpc) is 3.69. The standard InChI is InChI=1S/C37H63N9O14/c1-8-18(5)28(45-35(57)29(19(6)9-2)44-30(52)20(7)38)34(56)41-22(15-47)31(53)39-14-25(49)40-21(13-26(50)51)32(54)42-23(16-48)36(58)46-12-10-11-24(46)33(55)43-27(17(3)4)37(59)60/h17-24,27-29,47-48H,8-16,38H2,1-7H3,(H,39,53)(H,40,49)(H,41,56)(H,42,54)(H,43,55)(H,44,52)(H,45,57)(H,50,51)(H,59,60)/t18-,19-,20-,21-,22-,23-,24-,27-,28-,29-/m0/s1. The van der Waals surface area contributed by atoms with Gasteiger partial charge >= 0.3 is 11.9 Å². The minimum absolute atomic E-state index is 0.0207. The Hall–Kier alpha value is -5.42. The van der Waals surface area contributed by atoms with Gasteiger partial charge in [-0.25, -0.2) is 4.79 Å². The van der Waals surface area contributed by atoms with E-state index in [0.717, 1.165) is 4.90 Å². The SMILES string of the molecule is CC[C@H](C)[C@H](NC(=O)[C@H](C)N)C(=O)N[C@H](C(=O)N[C@@H](CO)C(=O)NCC(=O)N[C@@H](CC(=O)O)C(=O)N[C@@H](CO)C(=O)N1CCC[C@H]1C(=O)N[C@H](C(=O)O)C(C)C)[C@@H](C)CC. The van der Waals surface area contributed by atoms with E-state index >= 15 is 0 Å². The lowest BCUT2D eigenvalue weighted by Gasteiger charge is -2.30. The third-order valence-electron chi connectivity index (χ3n) is 10.1. The molecule has 0 aromatic carbocycles. The van der Waals surface area contributed by atoms with E-state index in [9.17, 15) is 68.4 Å². The maximum Gasteiger partial charge on any atom is 0.326 e. The normalized spacial score (nSPS) is 18.2. The number of amides is 8. The molecule has 1 rings (SSSR count). The maximum atomic E-state index is 13.4. The minimum atomic E-state index is -1.85. The summed E-state index contributed by atoms with van der Waals surface area (Å²) < 4.78 is 0. The molecule has 340 valence electrons. The number of carboxylic acid groups (broad SMARTS) is 2. The maximum absolute atomic E-state index is 13.4. The van der Waals surface area contributed by atoms with Crippen LogP contribution in [-0.4, -0.2) is 159 Å². The molecule has 1 heterocycles. The first-order valence-electron chi connectivity index (χ1n) is 19.9. The Labute approximate surface area is 348 Å². The summed E-state index contributed by atoms with van der Waals surface area (Å²) in [5, 5.41) is 55.2. The number of nitrogens with two attached hydrogens (primary N) is 1. The van der Waals surface area contributed by atoms with E-state index in [1.807, 2.05) is 0 Å². The fraction of sp³-hybridized carbons (Fsp3) is 0.730. The van der Waals surface area contributed by atoms with Crippen LogP contribution in [0.5, 0.6) is 0 Å². The molecule has 0 radical (unpaired) electrons. The molecule has 1 fully saturated rings. The summed E-state index contributed by atoms with van der Waals surface area (Å²) in [6.07, 6.45) is 0.353. The van der Waals surface area contributed by atoms with Gasteiger partial charge in [-0.2, -0.15) is 0 Å². The van der Waals surface area contributed by atoms with Crippen LogP contribution in [0.4, 0.5) is 0 Å². The topological polar surface area (TPSA) is 365 Å². The summed E-state index contributed by atoms with van der Waals surface area (Å²) in [5.74, 6) is -11.4. The molecule has 0 unspecified atom stereocenters. The summed E-state index contributed by atoms with van der Waals surface area (Å²) in [5.41, 5.74) is 5.65. The molecule has 0 saturated carbocycles. The van der Waals surface area contributed by atoms with E-state index in [-0.39, 0.29) is 18.9 Å². The van der Waals surface area contributed by atoms with Gasteiger partial charge in [-0.15, -0.1) is 0 Å². The number of likely N-dealkylation sites (tertiary alicyclic amines) is 1. The van der Waals surface area contributed by atoms with Gasteiger partial charge in [-0.3, -0.25) is 43.2 Å². The number of aliphatic carboxylic acids is 2. The molecule has 60 heavy (non-hydrogen) atoms. The highest BCUT2D eigenvalue weighted by Gasteiger charge is 2.40. The molecule has 10 atom stereocenters. The number of hydrogen-bond acceptors (Lipinski definition) is 13. The smallest absolute Gasteiger partial charge is 0.326 e. The quantitative estimate of drug-likeness (QED) is 0.0413. The summed E-state index contributed by atoms with van der Waals surface area (Å²) in [6, 6.07) is -10.8. The Morgan fingerprint density at radius 3 is 1.63 bits per heavy atom. The lowest BCUT2D eigenvalue weighted by molar-refractivity contribution is -0.146. The zero-order valence-corrected chi connectivity index (χ0v) is 35.1. The predicted molar refractivity (Wildman–Crippen MR) is 211 cm³/mol. The molecule has 0 aromatic heterocycles. The molecule has 0 aliphatic carbocycles. The number of aliphatic hydroxyl groups is 2. The molecule has 0 spiro atoms. The van der Waals surface area contributed by atoms with Crippen LogP contribution in [0.2, 0.25) is 0 Å². The Balaban J connectivity index is 3.02. The number of hydrogen-bond donors (Lipinski definition) is 12. The Bertz CT molecular complexity index is 1560. The third kappa shape index (κ3) is 16.0. The summed E-state index contributed by atoms with van der Waals surface area (Å²) in [4.78, 5) is 129. The van der Waals surface area contributed by atoms with Crippen molar-refractivity contribution < 1.29 is 68.4 Å². The molecule has 0 aromatic rings. The van der Waals surface area contributed by atoms with Crippen molar-refractivity contribution in [3.63, 3.8) is 0 Å². The second-order valence-corrected chi connectivity index (χ2v) is 15.2. The number of rotatable bonds is 25. The first kappa shape index (κ1) is 52.6. The highest BCUT2D eigenvalue weighted by atomic mass is 16.4. The second-order valence-electron chi connectivity index (χ2n) is 15.2. The first-order valence-corrected chi connectivity index (χ1v) is 19.9. The molecule has 13 N–H and O–H groups in total. The van der Waals surface area contributed by atoms with Gasteiger partial charge in [0.15, 0.2) is 0 Å². The highest BCUT2D eigenvalue weighted by Crippen LogP contribution is 2.20. The van der Waals surface area contributed by atoms with Gasteiger partial charge in [-0.1, -0.05) is 54.4 Å². The fourth-order valence-electron chi connectivity index (χ4n) is 6.03. The monoisotopic (exact) mass is 857 g/mol. The van der Waals surface area contributed by atoms with Gasteiger partial charge in [-0.05, 0) is 37.5 Å². The van der Waals surface area contributed by atoms with E-state index in [2.05, 4.69) is 37.2 Å². The van der Waals surface area contributed by atoms with E-state index in [4.69, 9.17) is 5.73 Å². The number of nitrogens with zero attached hydrogens (tertiary/aromatic N) is 1. The number of carboxylic acids is 2. The number of carbonyl (C=O) groups is 10. The zero-order valence-electron chi connectivity index (χ0n) is 35.1. The van der Waals surface area contributed by atoms with E-state index in [0.29, 0.717) is 19.3 Å². The van der Waals surface area contributed by atoms with E-state index in [1.54, 1.807) is 41.5 Å². The van der Waals surface area contributed by atoms with Crippen molar-refractivity contribution >= 4 is 59.2 Å². The van der Waals surface area contributed by atoms with Gasteiger partial charge in [0.25, 0.3) is 0 Å². The van der Waals surface area contributed by atoms with Crippen LogP contribution in [-0.2, 0) is 47.9 Å². The van der Waals surface area contributed by atoms with Crippen molar-refractivity contribution in [1.82, 2.24) is 42.1 Å². The van der Waals surface area contributed by atoms with Gasteiger partial charge in [0.2, 0.25) is 47.3 Å². The average molecular weight is 858 g/mol. The van der Waals surface area contributed by atoms with Crippen LogP contribution in [0.3, 0.4) is 0 Å². The Kier molecular flexibility index (Phi) is 22.1. The van der Waals surface area contributed by atoms with Crippen LogP contribution in [0.15, 0.2) is 0 Å². The predicted octanol–water partition coefficient (Wildman–Crippen LogP) is -4.36. The lowest BCUT2D eigenvalue weighted by atomic mass is 9.94. The molecule has 23 heteroatoms. The lowest BCUT2D eigenvalue weighted by Crippen LogP contribution is -2.61. The largest absolute Gasteiger partial charge is 0.481 e. The number of aliphatic hydroxyl groups excluding tert-OH is 2. The minimum Gasteiger partial charge on any atom is -0.481 e. The Morgan fingerprint density at radius 2 is 1.17 bits per heavy atom. The first-order chi connectivity index (χ1) is 28.0. The number of nitrogens with one attached hydrogen (secondary N) is 7. The van der Waals surface area contributed by atoms with Gasteiger partial charge in [0.05, 0.1) is 32.2 Å². The van der Waals surface area contributed by atoms with Crippen molar-refractivity contribution in [1.29, 1.82) is 0 Å². The van der Waals surface area contributed by atoms with Gasteiger partial charge in [0.1, 0.15) is 42.3 Å². The van der Waals surface area contributed by atoms with Gasteiger partial charge < -0.3 is 68.3 Å². The van der Waals surface area contributed by atoms with Crippen molar-refractivity contribution in [2.24, 2.45) is 23.5 Å². The van der Waals surface area contributed by atoms with Crippen LogP contribution in [0, 0.1) is 17.8 Å². The molecule has 1 aliphatic heterocycles.